The fourth-order valence-corrected chi connectivity index (χ4v) is 3.29. The van der Waals surface area contributed by atoms with Gasteiger partial charge in [-0.1, -0.05) is 24.3 Å². The zero-order chi connectivity index (χ0) is 19.9. The Balaban J connectivity index is 1.46. The van der Waals surface area contributed by atoms with Crippen molar-refractivity contribution in [1.29, 1.82) is 0 Å². The molecule has 0 bridgehead atoms. The summed E-state index contributed by atoms with van der Waals surface area (Å²) in [5, 5.41) is 6.46. The van der Waals surface area contributed by atoms with Crippen LogP contribution in [-0.2, 0) is 4.79 Å². The van der Waals surface area contributed by atoms with Gasteiger partial charge in [-0.2, -0.15) is 0 Å². The molecule has 0 aliphatic heterocycles. The standard InChI is InChI=1S/C23H30N2O3/c1-16-5-4-6-21(15-16)28-14-13-24-23(26)17(2)25-22(18-7-8-18)19-9-11-20(27-3)12-10-19/h4-6,9-12,15,17-18,22,25H,7-8,13-14H2,1-3H3,(H,24,26). The third-order valence-electron chi connectivity index (χ3n) is 5.05. The SMILES string of the molecule is COc1ccc(C(NC(C)C(=O)NCCOc2cccc(C)c2)C2CC2)cc1. The first-order chi connectivity index (χ1) is 13.6. The largest absolute Gasteiger partial charge is 0.497 e. The fraction of sp³-hybridized carbons (Fsp3) is 0.435. The van der Waals surface area contributed by atoms with Crippen LogP contribution >= 0.6 is 0 Å². The molecule has 2 N–H and O–H groups in total. The number of carbonyl (C=O) groups excluding carboxylic acids is 1. The lowest BCUT2D eigenvalue weighted by Gasteiger charge is -2.23. The molecule has 2 aromatic carbocycles. The first-order valence-electron chi connectivity index (χ1n) is 9.94. The van der Waals surface area contributed by atoms with Gasteiger partial charge < -0.3 is 14.8 Å². The number of carbonyl (C=O) groups is 1. The third-order valence-corrected chi connectivity index (χ3v) is 5.05. The molecule has 5 nitrogen and oxygen atoms in total. The van der Waals surface area contributed by atoms with Crippen LogP contribution in [0.2, 0.25) is 0 Å². The van der Waals surface area contributed by atoms with Gasteiger partial charge in [0.15, 0.2) is 0 Å². The fourth-order valence-electron chi connectivity index (χ4n) is 3.29. The van der Waals surface area contributed by atoms with Gasteiger partial charge in [0.05, 0.1) is 19.7 Å². The Labute approximate surface area is 167 Å². The van der Waals surface area contributed by atoms with Crippen LogP contribution in [0, 0.1) is 12.8 Å². The molecule has 28 heavy (non-hydrogen) atoms. The molecule has 0 radical (unpaired) electrons. The predicted octanol–water partition coefficient (Wildman–Crippen LogP) is 3.63. The quantitative estimate of drug-likeness (QED) is 0.616. The summed E-state index contributed by atoms with van der Waals surface area (Å²) in [7, 11) is 1.67. The van der Waals surface area contributed by atoms with Crippen LogP contribution in [0.4, 0.5) is 0 Å². The summed E-state index contributed by atoms with van der Waals surface area (Å²) in [6.45, 7) is 4.87. The predicted molar refractivity (Wildman–Crippen MR) is 111 cm³/mol. The molecule has 0 aromatic heterocycles. The van der Waals surface area contributed by atoms with Gasteiger partial charge in [-0.05, 0) is 68.0 Å². The smallest absolute Gasteiger partial charge is 0.236 e. The number of methoxy groups -OCH3 is 1. The molecular formula is C23H30N2O3. The summed E-state index contributed by atoms with van der Waals surface area (Å²) in [5.74, 6) is 2.26. The van der Waals surface area contributed by atoms with E-state index in [1.165, 1.54) is 18.4 Å². The van der Waals surface area contributed by atoms with Crippen molar-refractivity contribution in [3.05, 3.63) is 59.7 Å². The number of benzene rings is 2. The highest BCUT2D eigenvalue weighted by atomic mass is 16.5. The van der Waals surface area contributed by atoms with E-state index in [4.69, 9.17) is 9.47 Å². The molecule has 2 aromatic rings. The van der Waals surface area contributed by atoms with Gasteiger partial charge in [0.2, 0.25) is 5.91 Å². The Morgan fingerprint density at radius 1 is 1.14 bits per heavy atom. The Kier molecular flexibility index (Phi) is 6.93. The van der Waals surface area contributed by atoms with E-state index in [2.05, 4.69) is 22.8 Å². The Morgan fingerprint density at radius 2 is 1.89 bits per heavy atom. The molecule has 2 atom stereocenters. The van der Waals surface area contributed by atoms with Gasteiger partial charge in [0.1, 0.15) is 18.1 Å². The van der Waals surface area contributed by atoms with E-state index in [0.29, 0.717) is 19.1 Å². The van der Waals surface area contributed by atoms with E-state index in [1.807, 2.05) is 50.2 Å². The number of aryl methyl sites for hydroxylation is 1. The van der Waals surface area contributed by atoms with E-state index < -0.39 is 0 Å². The molecule has 1 fully saturated rings. The second kappa shape index (κ2) is 9.60. The second-order valence-corrected chi connectivity index (χ2v) is 7.43. The van der Waals surface area contributed by atoms with Crippen LogP contribution in [0.3, 0.4) is 0 Å². The van der Waals surface area contributed by atoms with E-state index >= 15 is 0 Å². The van der Waals surface area contributed by atoms with Gasteiger partial charge in [0, 0.05) is 6.04 Å². The number of nitrogens with one attached hydrogen (secondary N) is 2. The molecule has 2 unspecified atom stereocenters. The van der Waals surface area contributed by atoms with Crippen LogP contribution in [0.5, 0.6) is 11.5 Å². The van der Waals surface area contributed by atoms with Gasteiger partial charge >= 0.3 is 0 Å². The third kappa shape index (κ3) is 5.73. The first-order valence-corrected chi connectivity index (χ1v) is 9.94. The molecule has 150 valence electrons. The average molecular weight is 383 g/mol. The lowest BCUT2D eigenvalue weighted by molar-refractivity contribution is -0.123. The van der Waals surface area contributed by atoms with Gasteiger partial charge in [-0.3, -0.25) is 10.1 Å². The lowest BCUT2D eigenvalue weighted by Crippen LogP contribution is -2.45. The molecule has 0 saturated heterocycles. The minimum atomic E-state index is -0.272. The van der Waals surface area contributed by atoms with Crippen molar-refractivity contribution < 1.29 is 14.3 Å². The van der Waals surface area contributed by atoms with Crippen LogP contribution in [0.15, 0.2) is 48.5 Å². The van der Waals surface area contributed by atoms with Crippen LogP contribution in [0.1, 0.15) is 36.9 Å². The summed E-state index contributed by atoms with van der Waals surface area (Å²) >= 11 is 0. The van der Waals surface area contributed by atoms with Gasteiger partial charge in [0.25, 0.3) is 0 Å². The topological polar surface area (TPSA) is 59.6 Å². The van der Waals surface area contributed by atoms with Crippen LogP contribution in [0.25, 0.3) is 0 Å². The Hall–Kier alpha value is -2.53. The first kappa shape index (κ1) is 20.2. The van der Waals surface area contributed by atoms with E-state index in [9.17, 15) is 4.79 Å². The minimum absolute atomic E-state index is 0.00740. The molecule has 0 heterocycles. The highest BCUT2D eigenvalue weighted by Crippen LogP contribution is 2.41. The summed E-state index contributed by atoms with van der Waals surface area (Å²) in [4.78, 5) is 12.5. The van der Waals surface area contributed by atoms with Crippen LogP contribution < -0.4 is 20.1 Å². The summed E-state index contributed by atoms with van der Waals surface area (Å²) < 4.78 is 10.9. The molecule has 1 aliphatic carbocycles. The van der Waals surface area contributed by atoms with Crippen molar-refractivity contribution in [3.8, 4) is 11.5 Å². The number of rotatable bonds is 10. The van der Waals surface area contributed by atoms with Gasteiger partial charge in [-0.15, -0.1) is 0 Å². The van der Waals surface area contributed by atoms with E-state index in [-0.39, 0.29) is 18.0 Å². The molecule has 3 rings (SSSR count). The van der Waals surface area contributed by atoms with Crippen molar-refractivity contribution in [2.45, 2.75) is 38.8 Å². The molecule has 0 spiro atoms. The Morgan fingerprint density at radius 3 is 2.54 bits per heavy atom. The number of amides is 1. The highest BCUT2D eigenvalue weighted by molar-refractivity contribution is 5.81. The number of hydrogen-bond donors (Lipinski definition) is 2. The molecule has 1 saturated carbocycles. The van der Waals surface area contributed by atoms with Gasteiger partial charge in [-0.25, -0.2) is 0 Å². The summed E-state index contributed by atoms with van der Waals surface area (Å²) in [6, 6.07) is 15.9. The zero-order valence-electron chi connectivity index (χ0n) is 16.9. The lowest BCUT2D eigenvalue weighted by atomic mass is 10.0. The van der Waals surface area contributed by atoms with Crippen molar-refractivity contribution >= 4 is 5.91 Å². The monoisotopic (exact) mass is 382 g/mol. The Bertz CT molecular complexity index is 772. The average Bonchev–Trinajstić information content (AvgIpc) is 3.54. The maximum Gasteiger partial charge on any atom is 0.236 e. The van der Waals surface area contributed by atoms with Crippen molar-refractivity contribution in [3.63, 3.8) is 0 Å². The minimum Gasteiger partial charge on any atom is -0.497 e. The van der Waals surface area contributed by atoms with Crippen molar-refractivity contribution in [2.75, 3.05) is 20.3 Å². The van der Waals surface area contributed by atoms with Crippen molar-refractivity contribution in [2.24, 2.45) is 5.92 Å². The van der Waals surface area contributed by atoms with E-state index in [0.717, 1.165) is 17.1 Å². The zero-order valence-corrected chi connectivity index (χ0v) is 16.9. The second-order valence-electron chi connectivity index (χ2n) is 7.43. The molecule has 1 aliphatic rings. The van der Waals surface area contributed by atoms with E-state index in [1.54, 1.807) is 7.11 Å². The van der Waals surface area contributed by atoms with Crippen molar-refractivity contribution in [1.82, 2.24) is 10.6 Å². The maximum absolute atomic E-state index is 12.5. The number of ether oxygens (including phenoxy) is 2. The molecule has 5 heteroatoms. The summed E-state index contributed by atoms with van der Waals surface area (Å²) in [6.07, 6.45) is 2.39. The van der Waals surface area contributed by atoms with Crippen LogP contribution in [-0.4, -0.2) is 32.2 Å². The highest BCUT2D eigenvalue weighted by Gasteiger charge is 2.34. The molecule has 1 amide bonds. The maximum atomic E-state index is 12.5. The normalized spacial score (nSPS) is 15.5. The number of hydrogen-bond acceptors (Lipinski definition) is 4. The molecular weight excluding hydrogens is 352 g/mol. The summed E-state index contributed by atoms with van der Waals surface area (Å²) in [5.41, 5.74) is 2.36.